The Bertz CT molecular complexity index is 567. The zero-order chi connectivity index (χ0) is 16.4. The number of aryl methyl sites for hydroxylation is 1. The highest BCUT2D eigenvalue weighted by Gasteiger charge is 2.36. The number of fused-ring (bicyclic) bond motifs is 1. The van der Waals surface area contributed by atoms with Gasteiger partial charge in [0.05, 0.1) is 13.1 Å². The van der Waals surface area contributed by atoms with Crippen LogP contribution in [0.15, 0.2) is 0 Å². The van der Waals surface area contributed by atoms with Crippen molar-refractivity contribution in [3.8, 4) is 0 Å². The van der Waals surface area contributed by atoms with Crippen molar-refractivity contribution in [1.29, 1.82) is 0 Å². The quantitative estimate of drug-likeness (QED) is 0.889. The van der Waals surface area contributed by atoms with Gasteiger partial charge in [-0.2, -0.15) is 0 Å². The fraction of sp³-hybridized carbons (Fsp3) is 0.733. The van der Waals surface area contributed by atoms with Crippen LogP contribution in [0.3, 0.4) is 0 Å². The summed E-state index contributed by atoms with van der Waals surface area (Å²) in [4.78, 5) is 25.6. The highest BCUT2D eigenvalue weighted by Crippen LogP contribution is 2.24. The number of rotatable bonds is 5. The molecule has 1 aliphatic rings. The molecule has 7 nitrogen and oxygen atoms in total. The van der Waals surface area contributed by atoms with Gasteiger partial charge >= 0.3 is 5.97 Å². The fourth-order valence-corrected chi connectivity index (χ4v) is 2.98. The van der Waals surface area contributed by atoms with E-state index in [4.69, 9.17) is 0 Å². The van der Waals surface area contributed by atoms with Crippen molar-refractivity contribution >= 4 is 11.9 Å². The zero-order valence-corrected chi connectivity index (χ0v) is 13.6. The Morgan fingerprint density at radius 2 is 2.05 bits per heavy atom. The minimum Gasteiger partial charge on any atom is -0.480 e. The van der Waals surface area contributed by atoms with E-state index in [-0.39, 0.29) is 24.9 Å². The van der Waals surface area contributed by atoms with E-state index < -0.39 is 12.0 Å². The normalized spacial score (nSPS) is 19.1. The summed E-state index contributed by atoms with van der Waals surface area (Å²) in [6, 6.07) is -0.848. The molecule has 0 bridgehead atoms. The topological polar surface area (TPSA) is 88.3 Å². The monoisotopic (exact) mass is 308 g/mol. The Morgan fingerprint density at radius 3 is 2.59 bits per heavy atom. The van der Waals surface area contributed by atoms with E-state index in [1.807, 2.05) is 0 Å². The first kappa shape index (κ1) is 16.5. The minimum absolute atomic E-state index is 0.111. The van der Waals surface area contributed by atoms with Crippen LogP contribution in [0.1, 0.15) is 45.3 Å². The summed E-state index contributed by atoms with van der Waals surface area (Å²) in [6.45, 7) is 8.46. The van der Waals surface area contributed by atoms with Crippen LogP contribution in [0.5, 0.6) is 0 Å². The van der Waals surface area contributed by atoms with Crippen molar-refractivity contribution in [2.75, 3.05) is 0 Å². The highest BCUT2D eigenvalue weighted by atomic mass is 16.4. The molecule has 2 heterocycles. The molecule has 1 amide bonds. The number of aliphatic carboxylic acids is 1. The summed E-state index contributed by atoms with van der Waals surface area (Å²) in [5, 5.41) is 17.5. The first-order valence-corrected chi connectivity index (χ1v) is 7.76. The van der Waals surface area contributed by atoms with E-state index >= 15 is 0 Å². The Hall–Kier alpha value is -1.92. The first-order chi connectivity index (χ1) is 10.3. The Kier molecular flexibility index (Phi) is 4.83. The van der Waals surface area contributed by atoms with Crippen molar-refractivity contribution in [3.63, 3.8) is 0 Å². The predicted octanol–water partition coefficient (Wildman–Crippen LogP) is 1.45. The van der Waals surface area contributed by atoms with Crippen LogP contribution in [-0.4, -0.2) is 42.7 Å². The SMILES string of the molecule is CCC(CC(=O)N1Cc2nnc(C)n2CC1C(=O)O)C(C)C. The number of carbonyl (C=O) groups is 2. The van der Waals surface area contributed by atoms with Crippen molar-refractivity contribution in [2.24, 2.45) is 11.8 Å². The van der Waals surface area contributed by atoms with E-state index in [9.17, 15) is 14.7 Å². The van der Waals surface area contributed by atoms with Gasteiger partial charge in [0.25, 0.3) is 0 Å². The van der Waals surface area contributed by atoms with Gasteiger partial charge in [-0.1, -0.05) is 27.2 Å². The van der Waals surface area contributed by atoms with Gasteiger partial charge in [0, 0.05) is 6.42 Å². The van der Waals surface area contributed by atoms with Gasteiger partial charge in [-0.3, -0.25) is 4.79 Å². The molecule has 122 valence electrons. The molecule has 1 aromatic heterocycles. The van der Waals surface area contributed by atoms with Gasteiger partial charge in [0.2, 0.25) is 5.91 Å². The van der Waals surface area contributed by atoms with Crippen LogP contribution in [0.4, 0.5) is 0 Å². The molecule has 1 aliphatic heterocycles. The fourth-order valence-electron chi connectivity index (χ4n) is 2.98. The molecule has 0 saturated heterocycles. The van der Waals surface area contributed by atoms with Crippen LogP contribution in [-0.2, 0) is 22.7 Å². The number of hydrogen-bond donors (Lipinski definition) is 1. The molecule has 0 aromatic carbocycles. The average Bonchev–Trinajstić information content (AvgIpc) is 2.83. The maximum absolute atomic E-state index is 12.6. The van der Waals surface area contributed by atoms with E-state index in [0.717, 1.165) is 6.42 Å². The van der Waals surface area contributed by atoms with E-state index in [0.29, 0.717) is 24.0 Å². The van der Waals surface area contributed by atoms with Crippen molar-refractivity contribution in [3.05, 3.63) is 11.6 Å². The Balaban J connectivity index is 2.20. The number of carboxylic acids is 1. The molecule has 22 heavy (non-hydrogen) atoms. The van der Waals surface area contributed by atoms with Gasteiger partial charge in [-0.05, 0) is 18.8 Å². The number of amides is 1. The van der Waals surface area contributed by atoms with Gasteiger partial charge in [0.1, 0.15) is 11.9 Å². The lowest BCUT2D eigenvalue weighted by Gasteiger charge is -2.34. The van der Waals surface area contributed by atoms with E-state index in [1.165, 1.54) is 4.90 Å². The molecule has 0 aliphatic carbocycles. The third kappa shape index (κ3) is 3.13. The summed E-state index contributed by atoms with van der Waals surface area (Å²) >= 11 is 0. The predicted molar refractivity (Wildman–Crippen MR) is 80.0 cm³/mol. The van der Waals surface area contributed by atoms with Crippen LogP contribution in [0.2, 0.25) is 0 Å². The lowest BCUT2D eigenvalue weighted by Crippen LogP contribution is -2.51. The molecule has 0 fully saturated rings. The molecule has 2 rings (SSSR count). The second kappa shape index (κ2) is 6.46. The molecule has 0 radical (unpaired) electrons. The average molecular weight is 308 g/mol. The van der Waals surface area contributed by atoms with Crippen LogP contribution < -0.4 is 0 Å². The Morgan fingerprint density at radius 1 is 1.36 bits per heavy atom. The summed E-state index contributed by atoms with van der Waals surface area (Å²) in [6.07, 6.45) is 1.29. The summed E-state index contributed by atoms with van der Waals surface area (Å²) in [7, 11) is 0. The largest absolute Gasteiger partial charge is 0.480 e. The minimum atomic E-state index is -0.982. The maximum atomic E-state index is 12.6. The molecular formula is C15H24N4O3. The smallest absolute Gasteiger partial charge is 0.328 e. The van der Waals surface area contributed by atoms with Crippen LogP contribution >= 0.6 is 0 Å². The van der Waals surface area contributed by atoms with Gasteiger partial charge in [-0.25, -0.2) is 4.79 Å². The second-order valence-electron chi connectivity index (χ2n) is 6.27. The summed E-state index contributed by atoms with van der Waals surface area (Å²) in [5.74, 6) is 0.906. The second-order valence-corrected chi connectivity index (χ2v) is 6.27. The molecular weight excluding hydrogens is 284 g/mol. The van der Waals surface area contributed by atoms with E-state index in [1.54, 1.807) is 11.5 Å². The molecule has 0 spiro atoms. The molecule has 0 saturated carbocycles. The third-order valence-electron chi connectivity index (χ3n) is 4.57. The number of aromatic nitrogens is 3. The van der Waals surface area contributed by atoms with Gasteiger partial charge < -0.3 is 14.6 Å². The lowest BCUT2D eigenvalue weighted by molar-refractivity contribution is -0.153. The third-order valence-corrected chi connectivity index (χ3v) is 4.57. The van der Waals surface area contributed by atoms with Crippen LogP contribution in [0, 0.1) is 18.8 Å². The molecule has 1 N–H and O–H groups in total. The zero-order valence-electron chi connectivity index (χ0n) is 13.6. The molecule has 2 atom stereocenters. The number of nitrogens with zero attached hydrogens (tertiary/aromatic N) is 4. The van der Waals surface area contributed by atoms with Crippen LogP contribution in [0.25, 0.3) is 0 Å². The van der Waals surface area contributed by atoms with Crippen molar-refractivity contribution in [2.45, 2.75) is 59.7 Å². The number of carbonyl (C=O) groups excluding carboxylic acids is 1. The standard InChI is InChI=1S/C15H24N4O3/c1-5-11(9(2)3)6-14(20)19-8-13-17-16-10(4)18(13)7-12(19)15(21)22/h9,11-12H,5-8H2,1-4H3,(H,21,22). The highest BCUT2D eigenvalue weighted by molar-refractivity contribution is 5.84. The maximum Gasteiger partial charge on any atom is 0.328 e. The van der Waals surface area contributed by atoms with E-state index in [2.05, 4.69) is 31.0 Å². The Labute approximate surface area is 130 Å². The number of hydrogen-bond acceptors (Lipinski definition) is 4. The lowest BCUT2D eigenvalue weighted by atomic mass is 9.89. The molecule has 2 unspecified atom stereocenters. The first-order valence-electron chi connectivity index (χ1n) is 7.76. The molecule has 1 aromatic rings. The van der Waals surface area contributed by atoms with Crippen molar-refractivity contribution < 1.29 is 14.7 Å². The van der Waals surface area contributed by atoms with Gasteiger partial charge in [0.15, 0.2) is 5.82 Å². The summed E-state index contributed by atoms with van der Waals surface area (Å²) < 4.78 is 1.78. The summed E-state index contributed by atoms with van der Waals surface area (Å²) in [5.41, 5.74) is 0. The van der Waals surface area contributed by atoms with Gasteiger partial charge in [-0.15, -0.1) is 10.2 Å². The number of carboxylic acid groups (broad SMARTS) is 1. The molecule has 7 heteroatoms. The van der Waals surface area contributed by atoms with Crippen molar-refractivity contribution in [1.82, 2.24) is 19.7 Å².